The van der Waals surface area contributed by atoms with Gasteiger partial charge in [0.1, 0.15) is 5.15 Å². The normalized spacial score (nSPS) is 10.3. The molecule has 1 aromatic carbocycles. The topological polar surface area (TPSA) is 51.2 Å². The maximum atomic E-state index is 13.6. The van der Waals surface area contributed by atoms with E-state index in [1.54, 1.807) is 12.1 Å². The van der Waals surface area contributed by atoms with Crippen LogP contribution in [0.3, 0.4) is 0 Å². The van der Waals surface area contributed by atoms with Crippen LogP contribution < -0.4 is 10.1 Å². The quantitative estimate of drug-likeness (QED) is 0.876. The molecule has 1 heterocycles. The van der Waals surface area contributed by atoms with Crippen molar-refractivity contribution in [2.24, 2.45) is 0 Å². The Kier molecular flexibility index (Phi) is 4.75. The smallest absolute Gasteiger partial charge is 0.255 e. The highest BCUT2D eigenvalue weighted by molar-refractivity contribution is 6.29. The molecule has 0 aliphatic carbocycles. The third kappa shape index (κ3) is 3.70. The summed E-state index contributed by atoms with van der Waals surface area (Å²) in [5.74, 6) is -0.802. The van der Waals surface area contributed by atoms with Crippen LogP contribution in [0, 0.1) is 5.82 Å². The number of methoxy groups -OCH3 is 1. The predicted molar refractivity (Wildman–Crippen MR) is 79.5 cm³/mol. The van der Waals surface area contributed by atoms with Gasteiger partial charge in [-0.3, -0.25) is 4.79 Å². The highest BCUT2D eigenvalue weighted by Crippen LogP contribution is 2.21. The van der Waals surface area contributed by atoms with Crippen molar-refractivity contribution >= 4 is 23.2 Å². The monoisotopic (exact) mass is 308 g/mol. The van der Waals surface area contributed by atoms with E-state index in [0.717, 1.165) is 0 Å². The predicted octanol–water partition coefficient (Wildman–Crippen LogP) is 3.70. The second-order valence-electron chi connectivity index (χ2n) is 4.33. The van der Waals surface area contributed by atoms with E-state index in [0.29, 0.717) is 23.4 Å². The number of amides is 1. The molecule has 2 rings (SSSR count). The zero-order valence-corrected chi connectivity index (χ0v) is 12.4. The zero-order valence-electron chi connectivity index (χ0n) is 11.6. The molecule has 110 valence electrons. The van der Waals surface area contributed by atoms with Gasteiger partial charge >= 0.3 is 0 Å². The molecule has 2 aromatic rings. The summed E-state index contributed by atoms with van der Waals surface area (Å²) in [6, 6.07) is 7.32. The van der Waals surface area contributed by atoms with Gasteiger partial charge in [0, 0.05) is 23.0 Å². The molecule has 0 bridgehead atoms. The van der Waals surface area contributed by atoms with E-state index < -0.39 is 5.82 Å². The van der Waals surface area contributed by atoms with Gasteiger partial charge in [0.05, 0.1) is 7.11 Å². The molecule has 0 aliphatic heterocycles. The Hall–Kier alpha value is -2.14. The molecule has 0 saturated heterocycles. The highest BCUT2D eigenvalue weighted by atomic mass is 35.5. The van der Waals surface area contributed by atoms with E-state index in [4.69, 9.17) is 16.3 Å². The molecule has 0 fully saturated rings. The van der Waals surface area contributed by atoms with E-state index in [1.807, 2.05) is 6.92 Å². The first-order valence-corrected chi connectivity index (χ1v) is 6.72. The molecule has 1 N–H and O–H groups in total. The maximum absolute atomic E-state index is 13.6. The second-order valence-corrected chi connectivity index (χ2v) is 4.71. The Morgan fingerprint density at radius 2 is 2.14 bits per heavy atom. The molecule has 1 amide bonds. The summed E-state index contributed by atoms with van der Waals surface area (Å²) in [4.78, 5) is 16.2. The molecule has 1 aromatic heterocycles. The SMILES string of the molecule is CCc1cc(C(=O)Nc2ccc(OC)c(F)c2)cc(Cl)n1. The third-order valence-electron chi connectivity index (χ3n) is 2.88. The largest absolute Gasteiger partial charge is 0.494 e. The van der Waals surface area contributed by atoms with Crippen molar-refractivity contribution in [2.45, 2.75) is 13.3 Å². The van der Waals surface area contributed by atoms with E-state index >= 15 is 0 Å². The van der Waals surface area contributed by atoms with Gasteiger partial charge in [-0.1, -0.05) is 18.5 Å². The number of rotatable bonds is 4. The summed E-state index contributed by atoms with van der Waals surface area (Å²) in [6.45, 7) is 1.92. The lowest BCUT2D eigenvalue weighted by Gasteiger charge is -2.08. The van der Waals surface area contributed by atoms with Gasteiger partial charge in [0.2, 0.25) is 0 Å². The number of hydrogen-bond donors (Lipinski definition) is 1. The average Bonchev–Trinajstić information content (AvgIpc) is 2.46. The molecule has 6 heteroatoms. The Morgan fingerprint density at radius 3 is 2.76 bits per heavy atom. The molecular weight excluding hydrogens is 295 g/mol. The van der Waals surface area contributed by atoms with Crippen molar-refractivity contribution in [1.29, 1.82) is 0 Å². The van der Waals surface area contributed by atoms with Crippen molar-refractivity contribution in [3.8, 4) is 5.75 Å². The van der Waals surface area contributed by atoms with Gasteiger partial charge in [-0.25, -0.2) is 9.37 Å². The zero-order chi connectivity index (χ0) is 15.4. The molecule has 0 saturated carbocycles. The number of nitrogens with one attached hydrogen (secondary N) is 1. The van der Waals surface area contributed by atoms with E-state index in [2.05, 4.69) is 10.3 Å². The average molecular weight is 309 g/mol. The van der Waals surface area contributed by atoms with E-state index in [9.17, 15) is 9.18 Å². The van der Waals surface area contributed by atoms with Crippen LogP contribution in [-0.4, -0.2) is 18.0 Å². The Morgan fingerprint density at radius 1 is 1.38 bits per heavy atom. The third-order valence-corrected chi connectivity index (χ3v) is 3.07. The fourth-order valence-electron chi connectivity index (χ4n) is 1.81. The van der Waals surface area contributed by atoms with Crippen LogP contribution in [0.15, 0.2) is 30.3 Å². The van der Waals surface area contributed by atoms with Crippen molar-refractivity contribution in [3.63, 3.8) is 0 Å². The number of aryl methyl sites for hydroxylation is 1. The number of carbonyl (C=O) groups is 1. The number of hydrogen-bond acceptors (Lipinski definition) is 3. The van der Waals surface area contributed by atoms with Crippen LogP contribution in [0.5, 0.6) is 5.75 Å². The molecule has 0 radical (unpaired) electrons. The molecule has 0 atom stereocenters. The summed E-state index contributed by atoms with van der Waals surface area (Å²) in [5, 5.41) is 2.86. The summed E-state index contributed by atoms with van der Waals surface area (Å²) >= 11 is 5.87. The van der Waals surface area contributed by atoms with Crippen LogP contribution in [0.1, 0.15) is 23.0 Å². The molecule has 0 spiro atoms. The van der Waals surface area contributed by atoms with Gasteiger partial charge in [-0.15, -0.1) is 0 Å². The van der Waals surface area contributed by atoms with Gasteiger partial charge in [0.15, 0.2) is 11.6 Å². The lowest BCUT2D eigenvalue weighted by Crippen LogP contribution is -2.13. The summed E-state index contributed by atoms with van der Waals surface area (Å²) in [6.07, 6.45) is 0.665. The molecule has 4 nitrogen and oxygen atoms in total. The first-order chi connectivity index (χ1) is 10.0. The van der Waals surface area contributed by atoms with Crippen LogP contribution in [0.2, 0.25) is 5.15 Å². The van der Waals surface area contributed by atoms with Crippen LogP contribution >= 0.6 is 11.6 Å². The van der Waals surface area contributed by atoms with E-state index in [-0.39, 0.29) is 16.8 Å². The number of halogens is 2. The molecule has 21 heavy (non-hydrogen) atoms. The van der Waals surface area contributed by atoms with Crippen molar-refractivity contribution in [3.05, 3.63) is 52.6 Å². The maximum Gasteiger partial charge on any atom is 0.255 e. The Bertz CT molecular complexity index is 677. The number of ether oxygens (including phenoxy) is 1. The van der Waals surface area contributed by atoms with Gasteiger partial charge in [0.25, 0.3) is 5.91 Å². The van der Waals surface area contributed by atoms with E-state index in [1.165, 1.54) is 25.3 Å². The fraction of sp³-hybridized carbons (Fsp3) is 0.200. The van der Waals surface area contributed by atoms with Crippen molar-refractivity contribution in [1.82, 2.24) is 4.98 Å². The van der Waals surface area contributed by atoms with Crippen LogP contribution in [0.4, 0.5) is 10.1 Å². The Balaban J connectivity index is 2.21. The lowest BCUT2D eigenvalue weighted by molar-refractivity contribution is 0.102. The number of nitrogens with zero attached hydrogens (tertiary/aromatic N) is 1. The molecular formula is C15H14ClFN2O2. The number of pyridine rings is 1. The van der Waals surface area contributed by atoms with Gasteiger partial charge in [-0.05, 0) is 30.7 Å². The fourth-order valence-corrected chi connectivity index (χ4v) is 2.04. The minimum atomic E-state index is -0.544. The van der Waals surface area contributed by atoms with Gasteiger partial charge < -0.3 is 10.1 Å². The molecule has 0 unspecified atom stereocenters. The summed E-state index contributed by atoms with van der Waals surface area (Å²) in [7, 11) is 1.38. The first-order valence-electron chi connectivity index (χ1n) is 6.35. The number of carbonyl (C=O) groups excluding carboxylic acids is 1. The second kappa shape index (κ2) is 6.54. The molecule has 0 aliphatic rings. The van der Waals surface area contributed by atoms with Crippen molar-refractivity contribution < 1.29 is 13.9 Å². The standard InChI is InChI=1S/C15H14ClFN2O2/c1-3-10-6-9(7-14(16)18-10)15(20)19-11-4-5-13(21-2)12(17)8-11/h4-8H,3H2,1-2H3,(H,19,20). The van der Waals surface area contributed by atoms with Gasteiger partial charge in [-0.2, -0.15) is 0 Å². The number of anilines is 1. The number of benzene rings is 1. The van der Waals surface area contributed by atoms with Crippen molar-refractivity contribution in [2.75, 3.05) is 12.4 Å². The summed E-state index contributed by atoms with van der Waals surface area (Å²) in [5.41, 5.74) is 1.43. The highest BCUT2D eigenvalue weighted by Gasteiger charge is 2.11. The summed E-state index contributed by atoms with van der Waals surface area (Å²) < 4.78 is 18.4. The lowest BCUT2D eigenvalue weighted by atomic mass is 10.2. The Labute approximate surface area is 126 Å². The minimum absolute atomic E-state index is 0.119. The minimum Gasteiger partial charge on any atom is -0.494 e. The first kappa shape index (κ1) is 15.3. The van der Waals surface area contributed by atoms with Crippen LogP contribution in [-0.2, 0) is 6.42 Å². The van der Waals surface area contributed by atoms with Crippen LogP contribution in [0.25, 0.3) is 0 Å². The number of aromatic nitrogens is 1.